The number of anilines is 1. The highest BCUT2D eigenvalue weighted by molar-refractivity contribution is 6.42. The summed E-state index contributed by atoms with van der Waals surface area (Å²) >= 11 is 11.8. The molecular weight excluding hydrogens is 354 g/mol. The number of hydrogen-bond acceptors (Lipinski definition) is 2. The maximum Gasteiger partial charge on any atom is 0.254 e. The van der Waals surface area contributed by atoms with Crippen LogP contribution in [0.1, 0.15) is 17.3 Å². The maximum absolute atomic E-state index is 13.5. The zero-order valence-corrected chi connectivity index (χ0v) is 14.4. The van der Waals surface area contributed by atoms with E-state index in [2.05, 4.69) is 5.32 Å². The SMILES string of the molecule is CC(=O)N(CCNC(=O)c1ccccc1F)c1ccc(Cl)c(Cl)c1. The predicted octanol–water partition coefficient (Wildman–Crippen LogP) is 3.92. The third-order valence-corrected chi connectivity index (χ3v) is 4.07. The largest absolute Gasteiger partial charge is 0.350 e. The fourth-order valence-electron chi connectivity index (χ4n) is 2.14. The molecule has 126 valence electrons. The second kappa shape index (κ2) is 8.13. The van der Waals surface area contributed by atoms with Crippen molar-refractivity contribution in [3.05, 3.63) is 63.9 Å². The first-order valence-electron chi connectivity index (χ1n) is 7.16. The summed E-state index contributed by atoms with van der Waals surface area (Å²) in [6.07, 6.45) is 0. The van der Waals surface area contributed by atoms with Crippen molar-refractivity contribution in [1.29, 1.82) is 0 Å². The van der Waals surface area contributed by atoms with E-state index in [0.717, 1.165) is 0 Å². The van der Waals surface area contributed by atoms with Crippen molar-refractivity contribution >= 4 is 40.7 Å². The van der Waals surface area contributed by atoms with Crippen LogP contribution in [0.2, 0.25) is 10.0 Å². The molecule has 7 heteroatoms. The molecule has 0 spiro atoms. The first-order chi connectivity index (χ1) is 11.4. The minimum Gasteiger partial charge on any atom is -0.350 e. The highest BCUT2D eigenvalue weighted by Crippen LogP contribution is 2.27. The Balaban J connectivity index is 2.02. The van der Waals surface area contributed by atoms with E-state index in [1.165, 1.54) is 30.0 Å². The van der Waals surface area contributed by atoms with Gasteiger partial charge in [-0.15, -0.1) is 0 Å². The predicted molar refractivity (Wildman–Crippen MR) is 93.2 cm³/mol. The van der Waals surface area contributed by atoms with Gasteiger partial charge in [0, 0.05) is 25.7 Å². The van der Waals surface area contributed by atoms with E-state index < -0.39 is 11.7 Å². The van der Waals surface area contributed by atoms with Gasteiger partial charge in [0.15, 0.2) is 0 Å². The Bertz CT molecular complexity index is 768. The number of benzene rings is 2. The number of amides is 2. The van der Waals surface area contributed by atoms with Gasteiger partial charge < -0.3 is 10.2 Å². The van der Waals surface area contributed by atoms with Gasteiger partial charge in [-0.25, -0.2) is 4.39 Å². The zero-order valence-electron chi connectivity index (χ0n) is 12.9. The van der Waals surface area contributed by atoms with Crippen LogP contribution in [0.5, 0.6) is 0 Å². The van der Waals surface area contributed by atoms with Crippen molar-refractivity contribution in [1.82, 2.24) is 5.32 Å². The summed E-state index contributed by atoms with van der Waals surface area (Å²) in [6, 6.07) is 10.5. The van der Waals surface area contributed by atoms with E-state index in [4.69, 9.17) is 23.2 Å². The molecule has 0 bridgehead atoms. The zero-order chi connectivity index (χ0) is 17.7. The van der Waals surface area contributed by atoms with E-state index in [1.54, 1.807) is 24.3 Å². The van der Waals surface area contributed by atoms with Crippen LogP contribution in [-0.4, -0.2) is 24.9 Å². The maximum atomic E-state index is 13.5. The highest BCUT2D eigenvalue weighted by atomic mass is 35.5. The summed E-state index contributed by atoms with van der Waals surface area (Å²) in [4.78, 5) is 25.2. The van der Waals surface area contributed by atoms with Gasteiger partial charge >= 0.3 is 0 Å². The molecule has 0 saturated carbocycles. The number of hydrogen-bond donors (Lipinski definition) is 1. The third kappa shape index (κ3) is 4.46. The van der Waals surface area contributed by atoms with E-state index in [-0.39, 0.29) is 24.6 Å². The molecule has 0 aliphatic rings. The highest BCUT2D eigenvalue weighted by Gasteiger charge is 2.14. The Morgan fingerprint density at radius 3 is 2.46 bits per heavy atom. The van der Waals surface area contributed by atoms with Gasteiger partial charge in [-0.1, -0.05) is 35.3 Å². The van der Waals surface area contributed by atoms with Crippen molar-refractivity contribution in [3.63, 3.8) is 0 Å². The molecule has 0 saturated heterocycles. The van der Waals surface area contributed by atoms with Gasteiger partial charge in [0.05, 0.1) is 15.6 Å². The van der Waals surface area contributed by atoms with Crippen LogP contribution in [0.4, 0.5) is 10.1 Å². The molecule has 2 rings (SSSR count). The lowest BCUT2D eigenvalue weighted by Crippen LogP contribution is -2.37. The number of nitrogens with zero attached hydrogens (tertiary/aromatic N) is 1. The molecule has 2 aromatic rings. The first-order valence-corrected chi connectivity index (χ1v) is 7.91. The van der Waals surface area contributed by atoms with Gasteiger partial charge in [0.1, 0.15) is 5.82 Å². The quantitative estimate of drug-likeness (QED) is 0.869. The Morgan fingerprint density at radius 2 is 1.83 bits per heavy atom. The molecule has 4 nitrogen and oxygen atoms in total. The molecule has 0 unspecified atom stereocenters. The Morgan fingerprint density at radius 1 is 1.12 bits per heavy atom. The molecule has 1 N–H and O–H groups in total. The molecule has 2 amide bonds. The number of carbonyl (C=O) groups is 2. The topological polar surface area (TPSA) is 49.4 Å². The number of rotatable bonds is 5. The standard InChI is InChI=1S/C17H15Cl2FN2O2/c1-11(23)22(12-6-7-14(18)15(19)10-12)9-8-21-17(24)13-4-2-3-5-16(13)20/h2-7,10H,8-9H2,1H3,(H,21,24). The van der Waals surface area contributed by atoms with Crippen molar-refractivity contribution in [2.45, 2.75) is 6.92 Å². The molecule has 0 atom stereocenters. The molecule has 0 aliphatic carbocycles. The molecule has 0 radical (unpaired) electrons. The van der Waals surface area contributed by atoms with Crippen molar-refractivity contribution in [2.75, 3.05) is 18.0 Å². The lowest BCUT2D eigenvalue weighted by Gasteiger charge is -2.22. The van der Waals surface area contributed by atoms with Gasteiger partial charge in [-0.3, -0.25) is 9.59 Å². The molecule has 0 aromatic heterocycles. The summed E-state index contributed by atoms with van der Waals surface area (Å²) in [5.41, 5.74) is 0.526. The van der Waals surface area contributed by atoms with Crippen LogP contribution in [0.3, 0.4) is 0 Å². The van der Waals surface area contributed by atoms with Crippen LogP contribution in [-0.2, 0) is 4.79 Å². The number of nitrogens with one attached hydrogen (secondary N) is 1. The summed E-state index contributed by atoms with van der Waals surface area (Å²) in [6.45, 7) is 1.78. The Hall–Kier alpha value is -2.11. The van der Waals surface area contributed by atoms with Gasteiger partial charge in [-0.2, -0.15) is 0 Å². The average molecular weight is 369 g/mol. The summed E-state index contributed by atoms with van der Waals surface area (Å²) in [5.74, 6) is -1.35. The monoisotopic (exact) mass is 368 g/mol. The summed E-state index contributed by atoms with van der Waals surface area (Å²) in [7, 11) is 0. The van der Waals surface area contributed by atoms with Crippen LogP contribution in [0.15, 0.2) is 42.5 Å². The van der Waals surface area contributed by atoms with Crippen LogP contribution < -0.4 is 10.2 Å². The molecule has 0 heterocycles. The molecule has 2 aromatic carbocycles. The second-order valence-corrected chi connectivity index (χ2v) is 5.82. The number of carbonyl (C=O) groups excluding carboxylic acids is 2. The third-order valence-electron chi connectivity index (χ3n) is 3.33. The number of halogens is 3. The van der Waals surface area contributed by atoms with Gasteiger partial charge in [-0.05, 0) is 30.3 Å². The normalized spacial score (nSPS) is 10.3. The molecular formula is C17H15Cl2FN2O2. The van der Waals surface area contributed by atoms with Crippen molar-refractivity contribution < 1.29 is 14.0 Å². The average Bonchev–Trinajstić information content (AvgIpc) is 2.54. The van der Waals surface area contributed by atoms with Crippen molar-refractivity contribution in [2.24, 2.45) is 0 Å². The molecule has 24 heavy (non-hydrogen) atoms. The lowest BCUT2D eigenvalue weighted by atomic mass is 10.2. The summed E-state index contributed by atoms with van der Waals surface area (Å²) in [5, 5.41) is 3.30. The second-order valence-electron chi connectivity index (χ2n) is 5.00. The van der Waals surface area contributed by atoms with E-state index in [1.807, 2.05) is 0 Å². The molecule has 0 aliphatic heterocycles. The van der Waals surface area contributed by atoms with Gasteiger partial charge in [0.2, 0.25) is 5.91 Å². The van der Waals surface area contributed by atoms with Gasteiger partial charge in [0.25, 0.3) is 5.91 Å². The van der Waals surface area contributed by atoms with Crippen molar-refractivity contribution in [3.8, 4) is 0 Å². The smallest absolute Gasteiger partial charge is 0.254 e. The minimum absolute atomic E-state index is 0.0404. The Kier molecular flexibility index (Phi) is 6.17. The fourth-order valence-corrected chi connectivity index (χ4v) is 2.44. The Labute approximate surface area is 149 Å². The first kappa shape index (κ1) is 18.2. The minimum atomic E-state index is -0.595. The van der Waals surface area contributed by atoms with Crippen LogP contribution >= 0.6 is 23.2 Å². The van der Waals surface area contributed by atoms with E-state index >= 15 is 0 Å². The van der Waals surface area contributed by atoms with E-state index in [9.17, 15) is 14.0 Å². The fraction of sp³-hybridized carbons (Fsp3) is 0.176. The van der Waals surface area contributed by atoms with Crippen LogP contribution in [0.25, 0.3) is 0 Å². The van der Waals surface area contributed by atoms with E-state index in [0.29, 0.717) is 15.7 Å². The lowest BCUT2D eigenvalue weighted by molar-refractivity contribution is -0.116. The van der Waals surface area contributed by atoms with Crippen LogP contribution in [0, 0.1) is 5.82 Å². The molecule has 0 fully saturated rings. The summed E-state index contributed by atoms with van der Waals surface area (Å²) < 4.78 is 13.5.